The Bertz CT molecular complexity index is 1180. The van der Waals surface area contributed by atoms with Gasteiger partial charge in [-0.2, -0.15) is 0 Å². The molecule has 1 N–H and O–H groups in total. The van der Waals surface area contributed by atoms with Crippen LogP contribution in [0.4, 0.5) is 5.69 Å². The van der Waals surface area contributed by atoms with Gasteiger partial charge in [-0.25, -0.2) is 18.3 Å². The summed E-state index contributed by atoms with van der Waals surface area (Å²) in [6.45, 7) is 8.07. The number of carbonyl (C=O) groups is 2. The number of carboxylic acids is 1. The van der Waals surface area contributed by atoms with E-state index in [1.54, 1.807) is 28.8 Å². The molecule has 2 aromatic carbocycles. The van der Waals surface area contributed by atoms with Gasteiger partial charge in [-0.05, 0) is 47.7 Å². The van der Waals surface area contributed by atoms with Crippen molar-refractivity contribution in [2.45, 2.75) is 33.1 Å². The highest BCUT2D eigenvalue weighted by Gasteiger charge is 2.24. The van der Waals surface area contributed by atoms with Crippen LogP contribution in [-0.2, 0) is 16.4 Å². The summed E-state index contributed by atoms with van der Waals surface area (Å²) in [7, 11) is -1.59. The van der Waals surface area contributed by atoms with E-state index < -0.39 is 22.9 Å². The molecule has 3 aromatic rings. The average Bonchev–Trinajstić information content (AvgIpc) is 3.18. The predicted octanol–water partition coefficient (Wildman–Crippen LogP) is 4.12. The first kappa shape index (κ1) is 22.4. The minimum Gasteiger partial charge on any atom is -0.476 e. The molecular weight excluding hydrogens is 414 g/mol. The Morgan fingerprint density at radius 3 is 2.42 bits per heavy atom. The number of aromatic nitrogens is 2. The first-order valence-corrected chi connectivity index (χ1v) is 11.2. The fraction of sp³-hybridized carbons (Fsp3) is 0.261. The van der Waals surface area contributed by atoms with Crippen LogP contribution in [0.2, 0.25) is 0 Å². The van der Waals surface area contributed by atoms with E-state index in [-0.39, 0.29) is 11.1 Å². The zero-order valence-electron chi connectivity index (χ0n) is 18.1. The van der Waals surface area contributed by atoms with Gasteiger partial charge in [0.25, 0.3) is 5.91 Å². The van der Waals surface area contributed by atoms with Crippen LogP contribution >= 0.6 is 0 Å². The minimum atomic E-state index is -1.59. The Morgan fingerprint density at radius 1 is 1.13 bits per heavy atom. The lowest BCUT2D eigenvalue weighted by Gasteiger charge is -2.24. The topological polar surface area (TPSA) is 92.5 Å². The van der Waals surface area contributed by atoms with Gasteiger partial charge >= 0.3 is 5.97 Å². The van der Waals surface area contributed by atoms with Gasteiger partial charge in [-0.3, -0.25) is 4.79 Å². The third kappa shape index (κ3) is 4.74. The number of imidazole rings is 1. The van der Waals surface area contributed by atoms with Gasteiger partial charge in [0.15, 0.2) is 5.69 Å². The van der Waals surface area contributed by atoms with Gasteiger partial charge in [0, 0.05) is 18.0 Å². The fourth-order valence-corrected chi connectivity index (χ4v) is 3.93. The maximum atomic E-state index is 13.4. The van der Waals surface area contributed by atoms with E-state index in [9.17, 15) is 13.8 Å². The maximum absolute atomic E-state index is 13.4. The number of aryl methyl sites for hydroxylation is 1. The third-order valence-electron chi connectivity index (χ3n) is 4.92. The number of carbonyl (C=O) groups excluding carboxylic acids is 1. The molecule has 1 atom stereocenters. The SMILES string of the molecule is Cc1ccc(C(=O)N(c2cccc(C(C)(C)C)c2)S(C)=O)cc1-n1cnc(C(=O)O)c1. The summed E-state index contributed by atoms with van der Waals surface area (Å²) in [6.07, 6.45) is 4.25. The van der Waals surface area contributed by atoms with Crippen molar-refractivity contribution in [1.82, 2.24) is 9.55 Å². The Morgan fingerprint density at radius 2 is 1.84 bits per heavy atom. The molecule has 0 fully saturated rings. The van der Waals surface area contributed by atoms with E-state index in [0.29, 0.717) is 16.9 Å². The highest BCUT2D eigenvalue weighted by molar-refractivity contribution is 7.86. The van der Waals surface area contributed by atoms with Gasteiger partial charge in [0.1, 0.15) is 17.3 Å². The lowest BCUT2D eigenvalue weighted by Crippen LogP contribution is -2.32. The van der Waals surface area contributed by atoms with Gasteiger partial charge in [-0.1, -0.05) is 39.0 Å². The molecule has 1 amide bonds. The second kappa shape index (κ2) is 8.47. The van der Waals surface area contributed by atoms with Crippen molar-refractivity contribution in [1.29, 1.82) is 0 Å². The van der Waals surface area contributed by atoms with Crippen molar-refractivity contribution in [2.24, 2.45) is 0 Å². The van der Waals surface area contributed by atoms with Gasteiger partial charge < -0.3 is 9.67 Å². The van der Waals surface area contributed by atoms with Crippen molar-refractivity contribution in [2.75, 3.05) is 10.6 Å². The zero-order chi connectivity index (χ0) is 22.9. The predicted molar refractivity (Wildman–Crippen MR) is 121 cm³/mol. The smallest absolute Gasteiger partial charge is 0.356 e. The number of hydrogen-bond acceptors (Lipinski definition) is 4. The average molecular weight is 440 g/mol. The second-order valence-electron chi connectivity index (χ2n) is 8.30. The van der Waals surface area contributed by atoms with Crippen LogP contribution in [0.25, 0.3) is 5.69 Å². The standard InChI is InChI=1S/C23H25N3O4S/c1-15-9-10-16(11-20(15)25-13-19(22(28)29)24-14-25)21(27)26(31(5)30)18-8-6-7-17(12-18)23(2,3)4/h6-14H,1-5H3,(H,28,29). The molecule has 162 valence electrons. The Balaban J connectivity index is 2.04. The summed E-state index contributed by atoms with van der Waals surface area (Å²) in [5.41, 5.74) is 3.16. The molecule has 0 saturated heterocycles. The first-order valence-electron chi connectivity index (χ1n) is 9.66. The number of amides is 1. The molecule has 1 unspecified atom stereocenters. The summed E-state index contributed by atoms with van der Waals surface area (Å²) in [6, 6.07) is 12.6. The van der Waals surface area contributed by atoms with Crippen LogP contribution in [0.3, 0.4) is 0 Å². The van der Waals surface area contributed by atoms with Crippen LogP contribution in [0.1, 0.15) is 52.7 Å². The molecule has 0 aliphatic carbocycles. The molecule has 3 rings (SSSR count). The van der Waals surface area contributed by atoms with Crippen LogP contribution in [0, 0.1) is 6.92 Å². The number of anilines is 1. The van der Waals surface area contributed by atoms with Gasteiger partial charge in [0.2, 0.25) is 0 Å². The van der Waals surface area contributed by atoms with E-state index in [4.69, 9.17) is 5.11 Å². The number of carboxylic acid groups (broad SMARTS) is 1. The fourth-order valence-electron chi connectivity index (χ4n) is 3.18. The molecule has 0 aliphatic rings. The lowest BCUT2D eigenvalue weighted by molar-refractivity contribution is 0.0690. The second-order valence-corrected chi connectivity index (χ2v) is 9.51. The van der Waals surface area contributed by atoms with Crippen molar-refractivity contribution < 1.29 is 18.9 Å². The molecule has 0 bridgehead atoms. The van der Waals surface area contributed by atoms with Crippen molar-refractivity contribution in [3.05, 3.63) is 77.4 Å². The molecule has 0 radical (unpaired) electrons. The monoisotopic (exact) mass is 439 g/mol. The molecular formula is C23H25N3O4S. The maximum Gasteiger partial charge on any atom is 0.356 e. The van der Waals surface area contributed by atoms with E-state index in [1.165, 1.54) is 23.1 Å². The largest absolute Gasteiger partial charge is 0.476 e. The minimum absolute atomic E-state index is 0.0913. The summed E-state index contributed by atoms with van der Waals surface area (Å²) in [5, 5.41) is 9.13. The zero-order valence-corrected chi connectivity index (χ0v) is 18.9. The van der Waals surface area contributed by atoms with Crippen molar-refractivity contribution >= 4 is 28.5 Å². The van der Waals surface area contributed by atoms with Crippen LogP contribution in [0.15, 0.2) is 55.0 Å². The van der Waals surface area contributed by atoms with Crippen LogP contribution in [-0.4, -0.2) is 37.0 Å². The Labute approximate surface area is 183 Å². The number of rotatable bonds is 5. The van der Waals surface area contributed by atoms with Crippen LogP contribution < -0.4 is 4.31 Å². The summed E-state index contributed by atoms with van der Waals surface area (Å²) in [5.74, 6) is -1.54. The molecule has 31 heavy (non-hydrogen) atoms. The lowest BCUT2D eigenvalue weighted by atomic mass is 9.87. The third-order valence-corrected chi connectivity index (χ3v) is 5.82. The van der Waals surface area contributed by atoms with Crippen molar-refractivity contribution in [3.8, 4) is 5.69 Å². The van der Waals surface area contributed by atoms with E-state index >= 15 is 0 Å². The molecule has 1 heterocycles. The Hall–Kier alpha value is -3.26. The number of hydrogen-bond donors (Lipinski definition) is 1. The normalized spacial score (nSPS) is 12.4. The first-order chi connectivity index (χ1) is 14.5. The number of aromatic carboxylic acids is 1. The number of nitrogens with zero attached hydrogens (tertiary/aromatic N) is 3. The Kier molecular flexibility index (Phi) is 6.13. The number of benzene rings is 2. The highest BCUT2D eigenvalue weighted by Crippen LogP contribution is 2.28. The molecule has 0 spiro atoms. The molecule has 0 saturated carbocycles. The summed E-state index contributed by atoms with van der Waals surface area (Å²) < 4.78 is 15.4. The highest BCUT2D eigenvalue weighted by atomic mass is 32.2. The molecule has 8 heteroatoms. The molecule has 0 aliphatic heterocycles. The van der Waals surface area contributed by atoms with Gasteiger partial charge in [-0.15, -0.1) is 0 Å². The summed E-state index contributed by atoms with van der Waals surface area (Å²) >= 11 is 0. The molecule has 1 aromatic heterocycles. The van der Waals surface area contributed by atoms with E-state index in [0.717, 1.165) is 11.1 Å². The summed E-state index contributed by atoms with van der Waals surface area (Å²) in [4.78, 5) is 28.4. The van der Waals surface area contributed by atoms with Crippen LogP contribution in [0.5, 0.6) is 0 Å². The quantitative estimate of drug-likeness (QED) is 0.646. The van der Waals surface area contributed by atoms with Gasteiger partial charge in [0.05, 0.1) is 11.4 Å². The molecule has 7 nitrogen and oxygen atoms in total. The van der Waals surface area contributed by atoms with E-state index in [2.05, 4.69) is 25.8 Å². The van der Waals surface area contributed by atoms with Crippen molar-refractivity contribution in [3.63, 3.8) is 0 Å². The van der Waals surface area contributed by atoms with E-state index in [1.807, 2.05) is 25.1 Å².